The van der Waals surface area contributed by atoms with E-state index in [1.54, 1.807) is 11.3 Å². The van der Waals surface area contributed by atoms with Crippen LogP contribution in [-0.4, -0.2) is 5.91 Å². The normalized spacial score (nSPS) is 15.7. The molecular formula is C21H19BrN2O2S. The van der Waals surface area contributed by atoms with E-state index in [0.29, 0.717) is 6.61 Å². The molecule has 2 heterocycles. The number of carbonyl (C=O) groups is 1. The number of ether oxygens (including phenoxy) is 1. The second-order valence-electron chi connectivity index (χ2n) is 6.49. The molecule has 2 N–H and O–H groups in total. The maximum Gasteiger partial charge on any atom is 0.256 e. The first-order valence-electron chi connectivity index (χ1n) is 8.66. The lowest BCUT2D eigenvalue weighted by Gasteiger charge is -2.28. The van der Waals surface area contributed by atoms with Crippen molar-refractivity contribution in [1.29, 1.82) is 0 Å². The standard InChI is InChI=1S/C21H19BrN2O2S/c1-12-13(2)27-21-18(12)20(25)23-19(24-21)16-10-15(22)8-9-17(16)26-11-14-6-4-3-5-7-14/h3-10,19,24H,11H2,1-2H3,(H,23,25). The summed E-state index contributed by atoms with van der Waals surface area (Å²) in [6.07, 6.45) is -0.342. The average Bonchev–Trinajstić information content (AvgIpc) is 2.96. The fourth-order valence-corrected chi connectivity index (χ4v) is 4.60. The van der Waals surface area contributed by atoms with E-state index >= 15 is 0 Å². The van der Waals surface area contributed by atoms with E-state index < -0.39 is 0 Å². The Labute approximate surface area is 170 Å². The Morgan fingerprint density at radius 2 is 1.89 bits per heavy atom. The van der Waals surface area contributed by atoms with Crippen LogP contribution in [0.2, 0.25) is 0 Å². The predicted octanol–water partition coefficient (Wildman–Crippen LogP) is 5.56. The van der Waals surface area contributed by atoms with Crippen LogP contribution in [-0.2, 0) is 6.61 Å². The highest BCUT2D eigenvalue weighted by Gasteiger charge is 2.30. The minimum Gasteiger partial charge on any atom is -0.488 e. The highest BCUT2D eigenvalue weighted by Crippen LogP contribution is 2.39. The molecule has 1 aliphatic heterocycles. The molecule has 1 aliphatic rings. The zero-order valence-electron chi connectivity index (χ0n) is 15.0. The summed E-state index contributed by atoms with van der Waals surface area (Å²) in [5, 5.41) is 7.43. The van der Waals surface area contributed by atoms with Gasteiger partial charge in [-0.15, -0.1) is 11.3 Å². The molecule has 0 fully saturated rings. The number of anilines is 1. The third-order valence-electron chi connectivity index (χ3n) is 4.68. The average molecular weight is 443 g/mol. The number of carbonyl (C=O) groups excluding carboxylic acids is 1. The molecule has 0 saturated carbocycles. The summed E-state index contributed by atoms with van der Waals surface area (Å²) >= 11 is 5.14. The molecule has 3 aromatic rings. The molecule has 6 heteroatoms. The van der Waals surface area contributed by atoms with Gasteiger partial charge in [0.2, 0.25) is 0 Å². The molecule has 4 rings (SSSR count). The first-order chi connectivity index (χ1) is 13.0. The van der Waals surface area contributed by atoms with Crippen molar-refractivity contribution in [3.05, 3.63) is 80.1 Å². The van der Waals surface area contributed by atoms with Crippen LogP contribution in [0.4, 0.5) is 5.00 Å². The summed E-state index contributed by atoms with van der Waals surface area (Å²) in [7, 11) is 0. The Balaban J connectivity index is 1.63. The number of amides is 1. The van der Waals surface area contributed by atoms with Crippen molar-refractivity contribution in [2.75, 3.05) is 5.32 Å². The van der Waals surface area contributed by atoms with Gasteiger partial charge in [0.15, 0.2) is 0 Å². The van der Waals surface area contributed by atoms with Crippen LogP contribution in [0.5, 0.6) is 5.75 Å². The Morgan fingerprint density at radius 3 is 2.67 bits per heavy atom. The van der Waals surface area contributed by atoms with E-state index in [2.05, 4.69) is 26.6 Å². The highest BCUT2D eigenvalue weighted by molar-refractivity contribution is 9.10. The van der Waals surface area contributed by atoms with E-state index in [1.807, 2.05) is 62.4 Å². The Hall–Kier alpha value is -2.31. The Kier molecular flexibility index (Phi) is 4.93. The molecule has 138 valence electrons. The number of aryl methyl sites for hydroxylation is 1. The van der Waals surface area contributed by atoms with Gasteiger partial charge < -0.3 is 15.4 Å². The maximum absolute atomic E-state index is 12.7. The number of hydrogen-bond donors (Lipinski definition) is 2. The molecular weight excluding hydrogens is 424 g/mol. The fourth-order valence-electron chi connectivity index (χ4n) is 3.14. The molecule has 2 aromatic carbocycles. The van der Waals surface area contributed by atoms with Crippen LogP contribution in [0.1, 0.15) is 38.1 Å². The van der Waals surface area contributed by atoms with Crippen LogP contribution in [0.25, 0.3) is 0 Å². The molecule has 4 nitrogen and oxygen atoms in total. The summed E-state index contributed by atoms with van der Waals surface area (Å²) < 4.78 is 7.01. The van der Waals surface area contributed by atoms with E-state index in [4.69, 9.17) is 4.74 Å². The minimum atomic E-state index is -0.342. The number of halogens is 1. The van der Waals surface area contributed by atoms with Gasteiger partial charge >= 0.3 is 0 Å². The lowest BCUT2D eigenvalue weighted by atomic mass is 10.1. The minimum absolute atomic E-state index is 0.0513. The summed E-state index contributed by atoms with van der Waals surface area (Å²) in [6, 6.07) is 15.9. The van der Waals surface area contributed by atoms with E-state index in [9.17, 15) is 4.79 Å². The van der Waals surface area contributed by atoms with E-state index in [1.165, 1.54) is 0 Å². The van der Waals surface area contributed by atoms with Crippen molar-refractivity contribution in [2.45, 2.75) is 26.6 Å². The Morgan fingerprint density at radius 1 is 1.11 bits per heavy atom. The topological polar surface area (TPSA) is 50.4 Å². The number of benzene rings is 2. The largest absolute Gasteiger partial charge is 0.488 e. The molecule has 1 atom stereocenters. The monoisotopic (exact) mass is 442 g/mol. The van der Waals surface area contributed by atoms with Crippen molar-refractivity contribution in [2.24, 2.45) is 0 Å². The molecule has 0 aliphatic carbocycles. The molecule has 0 radical (unpaired) electrons. The van der Waals surface area contributed by atoms with Gasteiger partial charge in [0.1, 0.15) is 23.5 Å². The zero-order chi connectivity index (χ0) is 19.0. The summed E-state index contributed by atoms with van der Waals surface area (Å²) in [5.41, 5.74) is 3.77. The first-order valence-corrected chi connectivity index (χ1v) is 10.3. The number of hydrogen-bond acceptors (Lipinski definition) is 4. The van der Waals surface area contributed by atoms with E-state index in [0.717, 1.165) is 42.4 Å². The molecule has 0 saturated heterocycles. The first kappa shape index (κ1) is 18.1. The second-order valence-corrected chi connectivity index (χ2v) is 8.64. The van der Waals surface area contributed by atoms with Gasteiger partial charge in [-0.2, -0.15) is 0 Å². The van der Waals surface area contributed by atoms with Crippen molar-refractivity contribution >= 4 is 38.2 Å². The third-order valence-corrected chi connectivity index (χ3v) is 6.31. The molecule has 27 heavy (non-hydrogen) atoms. The molecule has 0 bridgehead atoms. The maximum atomic E-state index is 12.7. The van der Waals surface area contributed by atoms with Gasteiger partial charge in [0.25, 0.3) is 5.91 Å². The molecule has 1 amide bonds. The van der Waals surface area contributed by atoms with Crippen LogP contribution in [0, 0.1) is 13.8 Å². The van der Waals surface area contributed by atoms with Gasteiger partial charge in [-0.25, -0.2) is 0 Å². The van der Waals surface area contributed by atoms with Gasteiger partial charge in [-0.3, -0.25) is 4.79 Å². The highest BCUT2D eigenvalue weighted by atomic mass is 79.9. The summed E-state index contributed by atoms with van der Waals surface area (Å²) in [4.78, 5) is 13.8. The van der Waals surface area contributed by atoms with E-state index in [-0.39, 0.29) is 12.1 Å². The third kappa shape index (κ3) is 3.59. The van der Waals surface area contributed by atoms with Crippen LogP contribution < -0.4 is 15.4 Å². The number of rotatable bonds is 4. The molecule has 0 spiro atoms. The number of fused-ring (bicyclic) bond motifs is 1. The number of thiophene rings is 1. The summed E-state index contributed by atoms with van der Waals surface area (Å²) in [5.74, 6) is 0.692. The Bertz CT molecular complexity index is 1000. The second kappa shape index (κ2) is 7.37. The van der Waals surface area contributed by atoms with Gasteiger partial charge in [0, 0.05) is 14.9 Å². The molecule has 1 aromatic heterocycles. The van der Waals surface area contributed by atoms with Crippen molar-refractivity contribution in [1.82, 2.24) is 5.32 Å². The van der Waals surface area contributed by atoms with Gasteiger partial charge in [-0.1, -0.05) is 46.3 Å². The lowest BCUT2D eigenvalue weighted by Crippen LogP contribution is -2.38. The van der Waals surface area contributed by atoms with Crippen molar-refractivity contribution < 1.29 is 9.53 Å². The zero-order valence-corrected chi connectivity index (χ0v) is 17.4. The molecule has 1 unspecified atom stereocenters. The smallest absolute Gasteiger partial charge is 0.256 e. The lowest BCUT2D eigenvalue weighted by molar-refractivity contribution is 0.0935. The quantitative estimate of drug-likeness (QED) is 0.555. The number of nitrogens with one attached hydrogen (secondary N) is 2. The SMILES string of the molecule is Cc1sc2c(c1C)C(=O)NC(c1cc(Br)ccc1OCc1ccccc1)N2. The van der Waals surface area contributed by atoms with Crippen LogP contribution in [0.3, 0.4) is 0 Å². The van der Waals surface area contributed by atoms with Crippen LogP contribution >= 0.6 is 27.3 Å². The van der Waals surface area contributed by atoms with Crippen LogP contribution in [0.15, 0.2) is 53.0 Å². The fraction of sp³-hybridized carbons (Fsp3) is 0.190. The van der Waals surface area contributed by atoms with Gasteiger partial charge in [0.05, 0.1) is 5.56 Å². The summed E-state index contributed by atoms with van der Waals surface area (Å²) in [6.45, 7) is 4.49. The van der Waals surface area contributed by atoms with Crippen molar-refractivity contribution in [3.8, 4) is 5.75 Å². The van der Waals surface area contributed by atoms with Gasteiger partial charge in [-0.05, 0) is 43.2 Å². The van der Waals surface area contributed by atoms with Crippen molar-refractivity contribution in [3.63, 3.8) is 0 Å². The predicted molar refractivity (Wildman–Crippen MR) is 113 cm³/mol.